The molecule has 0 fully saturated rings. The van der Waals surface area contributed by atoms with E-state index in [-0.39, 0.29) is 0 Å². The maximum atomic E-state index is 3.38. The standard InChI is InChI=1S/C20H20N2Se2/c1-3-7-19-17(5-1)15(13-21-19)9-11-23-24-12-10-16-14-22-20-8-4-2-6-18(16)20/h1-8,13-14,21-22H,9-12H2. The Balaban J connectivity index is 1.24. The van der Waals surface area contributed by atoms with Crippen LogP contribution in [0.4, 0.5) is 0 Å². The molecule has 0 bridgehead atoms. The van der Waals surface area contributed by atoms with Gasteiger partial charge < -0.3 is 0 Å². The molecule has 0 atom stereocenters. The van der Waals surface area contributed by atoms with E-state index < -0.39 is 0 Å². The molecule has 0 aliphatic heterocycles. The van der Waals surface area contributed by atoms with Crippen molar-refractivity contribution in [2.75, 3.05) is 0 Å². The summed E-state index contributed by atoms with van der Waals surface area (Å²) in [5.41, 5.74) is 5.51. The average Bonchev–Trinajstić information content (AvgIpc) is 3.22. The van der Waals surface area contributed by atoms with E-state index in [1.165, 1.54) is 56.4 Å². The molecular formula is C20H20N2Se2. The number of aryl methyl sites for hydroxylation is 2. The van der Waals surface area contributed by atoms with E-state index in [2.05, 4.69) is 70.9 Å². The second-order valence-corrected chi connectivity index (χ2v) is 13.7. The van der Waals surface area contributed by atoms with Gasteiger partial charge in [0.25, 0.3) is 0 Å². The number of benzene rings is 2. The normalized spacial score (nSPS) is 11.5. The van der Waals surface area contributed by atoms with Gasteiger partial charge >= 0.3 is 154 Å². The van der Waals surface area contributed by atoms with Gasteiger partial charge in [-0.2, -0.15) is 0 Å². The van der Waals surface area contributed by atoms with E-state index in [1.54, 1.807) is 0 Å². The molecular weight excluding hydrogens is 426 g/mol. The summed E-state index contributed by atoms with van der Waals surface area (Å²) >= 11 is 1.61. The zero-order chi connectivity index (χ0) is 16.2. The number of para-hydroxylation sites is 2. The first-order valence-corrected chi connectivity index (χ1v) is 15.0. The van der Waals surface area contributed by atoms with Crippen LogP contribution in [-0.2, 0) is 12.8 Å². The summed E-state index contributed by atoms with van der Waals surface area (Å²) in [7, 11) is 0. The van der Waals surface area contributed by atoms with Gasteiger partial charge in [0.1, 0.15) is 0 Å². The van der Waals surface area contributed by atoms with Gasteiger partial charge in [-0.1, -0.05) is 0 Å². The predicted molar refractivity (Wildman–Crippen MR) is 105 cm³/mol. The summed E-state index contributed by atoms with van der Waals surface area (Å²) in [6.45, 7) is 0. The fourth-order valence-electron chi connectivity index (χ4n) is 3.10. The Hall–Kier alpha value is -1.44. The number of fused-ring (bicyclic) bond motifs is 2. The zero-order valence-corrected chi connectivity index (χ0v) is 16.8. The van der Waals surface area contributed by atoms with Crippen molar-refractivity contribution in [1.82, 2.24) is 9.97 Å². The SMILES string of the molecule is c1ccc2c(CC[Se][Se]CCc3c[nH]c4ccccc34)c[nH]c2c1. The number of nitrogens with one attached hydrogen (secondary N) is 2. The van der Waals surface area contributed by atoms with Crippen LogP contribution in [0.15, 0.2) is 60.9 Å². The van der Waals surface area contributed by atoms with Gasteiger partial charge in [0.2, 0.25) is 0 Å². The van der Waals surface area contributed by atoms with Gasteiger partial charge in [-0.15, -0.1) is 0 Å². The molecule has 2 N–H and O–H groups in total. The molecule has 2 heterocycles. The number of hydrogen-bond acceptors (Lipinski definition) is 0. The van der Waals surface area contributed by atoms with Crippen molar-refractivity contribution < 1.29 is 0 Å². The Labute approximate surface area is 153 Å². The molecule has 4 heteroatoms. The van der Waals surface area contributed by atoms with Crippen LogP contribution in [0.3, 0.4) is 0 Å². The zero-order valence-electron chi connectivity index (χ0n) is 13.4. The third kappa shape index (κ3) is 3.48. The van der Waals surface area contributed by atoms with Gasteiger partial charge in [-0.05, 0) is 0 Å². The fraction of sp³-hybridized carbons (Fsp3) is 0.200. The molecule has 0 aliphatic carbocycles. The van der Waals surface area contributed by atoms with Crippen LogP contribution in [0.5, 0.6) is 0 Å². The van der Waals surface area contributed by atoms with Gasteiger partial charge in [-0.3, -0.25) is 0 Å². The Morgan fingerprint density at radius 1 is 0.625 bits per heavy atom. The van der Waals surface area contributed by atoms with Crippen molar-refractivity contribution >= 4 is 48.1 Å². The molecule has 0 amide bonds. The van der Waals surface area contributed by atoms with Gasteiger partial charge in [0.05, 0.1) is 0 Å². The van der Waals surface area contributed by atoms with Crippen molar-refractivity contribution in [3.63, 3.8) is 0 Å². The number of aromatic nitrogens is 2. The average molecular weight is 446 g/mol. The van der Waals surface area contributed by atoms with Gasteiger partial charge in [-0.25, -0.2) is 0 Å². The summed E-state index contributed by atoms with van der Waals surface area (Å²) in [5, 5.41) is 5.53. The number of aromatic amines is 2. The van der Waals surface area contributed by atoms with Crippen molar-refractivity contribution in [1.29, 1.82) is 0 Å². The minimum atomic E-state index is 0.803. The molecule has 0 radical (unpaired) electrons. The van der Waals surface area contributed by atoms with E-state index in [4.69, 9.17) is 0 Å². The summed E-state index contributed by atoms with van der Waals surface area (Å²) in [4.78, 5) is 6.77. The van der Waals surface area contributed by atoms with E-state index in [1.807, 2.05) is 0 Å². The molecule has 4 aromatic rings. The molecule has 0 saturated carbocycles. The van der Waals surface area contributed by atoms with E-state index in [0.29, 0.717) is 0 Å². The summed E-state index contributed by atoms with van der Waals surface area (Å²) in [6.07, 6.45) is 6.83. The van der Waals surface area contributed by atoms with Crippen LogP contribution in [0.2, 0.25) is 10.6 Å². The summed E-state index contributed by atoms with van der Waals surface area (Å²) < 4.78 is 0. The molecule has 2 aromatic heterocycles. The topological polar surface area (TPSA) is 31.6 Å². The van der Waals surface area contributed by atoms with E-state index >= 15 is 0 Å². The minimum absolute atomic E-state index is 0.803. The second-order valence-electron chi connectivity index (χ2n) is 5.86. The maximum absolute atomic E-state index is 3.38. The molecule has 2 nitrogen and oxygen atoms in total. The first kappa shape index (κ1) is 16.1. The van der Waals surface area contributed by atoms with Crippen LogP contribution in [-0.4, -0.2) is 36.2 Å². The first-order chi connectivity index (χ1) is 11.9. The van der Waals surface area contributed by atoms with Crippen LogP contribution in [0, 0.1) is 0 Å². The molecule has 24 heavy (non-hydrogen) atoms. The molecule has 4 rings (SSSR count). The molecule has 0 spiro atoms. The van der Waals surface area contributed by atoms with E-state index in [0.717, 1.165) is 26.3 Å². The summed E-state index contributed by atoms with van der Waals surface area (Å²) in [5.74, 6) is 0. The Morgan fingerprint density at radius 2 is 1.08 bits per heavy atom. The van der Waals surface area contributed by atoms with Crippen molar-refractivity contribution in [2.24, 2.45) is 0 Å². The van der Waals surface area contributed by atoms with E-state index in [9.17, 15) is 0 Å². The quantitative estimate of drug-likeness (QED) is 0.308. The Morgan fingerprint density at radius 3 is 1.58 bits per heavy atom. The predicted octanol–water partition coefficient (Wildman–Crippen LogP) is 4.59. The van der Waals surface area contributed by atoms with Crippen molar-refractivity contribution in [2.45, 2.75) is 23.5 Å². The number of H-pyrrole nitrogens is 2. The monoisotopic (exact) mass is 448 g/mol. The summed E-state index contributed by atoms with van der Waals surface area (Å²) in [6, 6.07) is 17.3. The molecule has 0 aliphatic rings. The fourth-order valence-corrected chi connectivity index (χ4v) is 9.25. The third-order valence-electron chi connectivity index (χ3n) is 4.34. The van der Waals surface area contributed by atoms with Crippen molar-refractivity contribution in [3.05, 3.63) is 72.1 Å². The van der Waals surface area contributed by atoms with Gasteiger partial charge in [0.15, 0.2) is 0 Å². The number of rotatable bonds is 7. The Kier molecular flexibility index (Phi) is 5.10. The second kappa shape index (κ2) is 7.63. The molecule has 0 unspecified atom stereocenters. The van der Waals surface area contributed by atoms with Gasteiger partial charge in [0, 0.05) is 0 Å². The molecule has 2 aromatic carbocycles. The third-order valence-corrected chi connectivity index (χ3v) is 11.7. The van der Waals surface area contributed by atoms with Crippen LogP contribution in [0.25, 0.3) is 21.8 Å². The Bertz CT molecular complexity index is 861. The molecule has 0 saturated heterocycles. The van der Waals surface area contributed by atoms with Crippen LogP contribution >= 0.6 is 0 Å². The number of hydrogen-bond donors (Lipinski definition) is 2. The van der Waals surface area contributed by atoms with Crippen LogP contribution < -0.4 is 0 Å². The molecule has 122 valence electrons. The first-order valence-electron chi connectivity index (χ1n) is 8.26. The van der Waals surface area contributed by atoms with Crippen LogP contribution in [0.1, 0.15) is 11.1 Å². The van der Waals surface area contributed by atoms with Crippen molar-refractivity contribution in [3.8, 4) is 0 Å².